The molecule has 2 aromatic carbocycles. The smallest absolute Gasteiger partial charge is 0.316 e. The number of hydrogen-bond donors (Lipinski definition) is 0. The minimum absolute atomic E-state index is 0.0586. The number of rotatable bonds is 3. The normalized spacial score (nSPS) is 19.9. The van der Waals surface area contributed by atoms with Crippen molar-refractivity contribution in [2.24, 2.45) is 5.92 Å². The van der Waals surface area contributed by atoms with E-state index < -0.39 is 17.3 Å². The lowest BCUT2D eigenvalue weighted by Crippen LogP contribution is -2.37. The molecule has 1 fully saturated rings. The molecule has 3 rings (SSSR count). The topological polar surface area (TPSA) is 43.4 Å². The van der Waals surface area contributed by atoms with Crippen LogP contribution in [0.15, 0.2) is 60.7 Å². The Bertz CT molecular complexity index is 637. The third kappa shape index (κ3) is 2.13. The van der Waals surface area contributed by atoms with E-state index >= 15 is 0 Å². The molecule has 0 heterocycles. The molecule has 1 saturated carbocycles. The Morgan fingerprint density at radius 3 is 1.95 bits per heavy atom. The maximum atomic E-state index is 13.1. The summed E-state index contributed by atoms with van der Waals surface area (Å²) in [7, 11) is 1.33. The molecule has 0 amide bonds. The van der Waals surface area contributed by atoms with Crippen molar-refractivity contribution in [1.29, 1.82) is 0 Å². The Morgan fingerprint density at radius 2 is 1.50 bits per heavy atom. The van der Waals surface area contributed by atoms with E-state index in [0.717, 1.165) is 11.1 Å². The van der Waals surface area contributed by atoms with Crippen molar-refractivity contribution in [2.45, 2.75) is 18.3 Å². The Kier molecular flexibility index (Phi) is 3.80. The van der Waals surface area contributed by atoms with Gasteiger partial charge in [-0.05, 0) is 24.0 Å². The van der Waals surface area contributed by atoms with Crippen LogP contribution in [0.3, 0.4) is 0 Å². The summed E-state index contributed by atoms with van der Waals surface area (Å²) >= 11 is 0. The van der Waals surface area contributed by atoms with Crippen LogP contribution in [0.2, 0.25) is 0 Å². The van der Waals surface area contributed by atoms with Gasteiger partial charge in [-0.15, -0.1) is 0 Å². The Hall–Kier alpha value is -2.42. The largest absolute Gasteiger partial charge is 0.468 e. The second-order valence-electron chi connectivity index (χ2n) is 5.62. The van der Waals surface area contributed by atoms with Gasteiger partial charge < -0.3 is 4.74 Å². The maximum Gasteiger partial charge on any atom is 0.316 e. The highest BCUT2D eigenvalue weighted by molar-refractivity contribution is 6.08. The molecule has 22 heavy (non-hydrogen) atoms. The third-order valence-electron chi connectivity index (χ3n) is 4.56. The minimum Gasteiger partial charge on any atom is -0.468 e. The molecular weight excluding hydrogens is 276 g/mol. The van der Waals surface area contributed by atoms with E-state index in [1.807, 2.05) is 60.7 Å². The quantitative estimate of drug-likeness (QED) is 0.645. The summed E-state index contributed by atoms with van der Waals surface area (Å²) in [4.78, 5) is 25.1. The number of Topliss-reactive ketones (excluding diaryl/α,β-unsaturated/α-hetero) is 1. The monoisotopic (exact) mass is 294 g/mol. The van der Waals surface area contributed by atoms with Crippen molar-refractivity contribution in [1.82, 2.24) is 0 Å². The van der Waals surface area contributed by atoms with E-state index in [1.54, 1.807) is 0 Å². The van der Waals surface area contributed by atoms with Gasteiger partial charge in [-0.3, -0.25) is 9.59 Å². The van der Waals surface area contributed by atoms with Crippen LogP contribution in [0.1, 0.15) is 24.0 Å². The molecule has 0 saturated heterocycles. The Balaban J connectivity index is 2.15. The molecule has 1 aliphatic carbocycles. The van der Waals surface area contributed by atoms with Gasteiger partial charge in [-0.1, -0.05) is 60.7 Å². The van der Waals surface area contributed by atoms with Crippen LogP contribution in [0.5, 0.6) is 0 Å². The van der Waals surface area contributed by atoms with Crippen LogP contribution >= 0.6 is 0 Å². The molecule has 3 heteroatoms. The number of carbonyl (C=O) groups excluding carboxylic acids is 2. The molecule has 2 aromatic rings. The second-order valence-corrected chi connectivity index (χ2v) is 5.62. The van der Waals surface area contributed by atoms with E-state index in [1.165, 1.54) is 7.11 Å². The molecule has 0 bridgehead atoms. The lowest BCUT2D eigenvalue weighted by atomic mass is 9.72. The molecule has 0 radical (unpaired) electrons. The van der Waals surface area contributed by atoms with Crippen LogP contribution in [0.25, 0.3) is 0 Å². The summed E-state index contributed by atoms with van der Waals surface area (Å²) in [6.45, 7) is 0. The fourth-order valence-electron chi connectivity index (χ4n) is 3.46. The van der Waals surface area contributed by atoms with Crippen molar-refractivity contribution in [2.75, 3.05) is 7.11 Å². The Labute approximate surface area is 129 Å². The van der Waals surface area contributed by atoms with Crippen molar-refractivity contribution >= 4 is 11.8 Å². The van der Waals surface area contributed by atoms with Crippen LogP contribution in [-0.4, -0.2) is 18.9 Å². The highest BCUT2D eigenvalue weighted by Gasteiger charge is 2.52. The summed E-state index contributed by atoms with van der Waals surface area (Å²) in [6.07, 6.45) is 1.15. The van der Waals surface area contributed by atoms with Gasteiger partial charge >= 0.3 is 5.97 Å². The second kappa shape index (κ2) is 5.76. The molecule has 3 nitrogen and oxygen atoms in total. The van der Waals surface area contributed by atoms with E-state index in [0.29, 0.717) is 12.8 Å². The summed E-state index contributed by atoms with van der Waals surface area (Å²) < 4.78 is 4.81. The summed E-state index contributed by atoms with van der Waals surface area (Å²) in [5.41, 5.74) is 1.14. The molecule has 1 unspecified atom stereocenters. The van der Waals surface area contributed by atoms with Gasteiger partial charge in [0, 0.05) is 0 Å². The fourth-order valence-corrected chi connectivity index (χ4v) is 3.46. The van der Waals surface area contributed by atoms with Crippen LogP contribution in [-0.2, 0) is 19.7 Å². The molecule has 112 valence electrons. The van der Waals surface area contributed by atoms with E-state index in [2.05, 4.69) is 0 Å². The lowest BCUT2D eigenvalue weighted by Gasteiger charge is -2.29. The third-order valence-corrected chi connectivity index (χ3v) is 4.56. The minimum atomic E-state index is -0.749. The SMILES string of the molecule is COC(=O)C1CCC(c2ccccc2)(c2ccccc2)C1=O. The predicted octanol–water partition coefficient (Wildman–Crippen LogP) is 3.12. The zero-order valence-corrected chi connectivity index (χ0v) is 12.5. The number of ketones is 1. The van der Waals surface area contributed by atoms with Crippen molar-refractivity contribution in [3.63, 3.8) is 0 Å². The maximum absolute atomic E-state index is 13.1. The highest BCUT2D eigenvalue weighted by atomic mass is 16.5. The number of hydrogen-bond acceptors (Lipinski definition) is 3. The molecule has 0 aliphatic heterocycles. The summed E-state index contributed by atoms with van der Waals surface area (Å²) in [5, 5.41) is 0. The molecule has 0 spiro atoms. The molecular formula is C19H18O3. The fraction of sp³-hybridized carbons (Fsp3) is 0.263. The van der Waals surface area contributed by atoms with Crippen molar-refractivity contribution in [3.8, 4) is 0 Å². The van der Waals surface area contributed by atoms with Crippen molar-refractivity contribution < 1.29 is 14.3 Å². The first-order valence-electron chi connectivity index (χ1n) is 7.43. The molecule has 0 aromatic heterocycles. The van der Waals surface area contributed by atoms with E-state index in [-0.39, 0.29) is 5.78 Å². The number of esters is 1. The van der Waals surface area contributed by atoms with Gasteiger partial charge in [-0.2, -0.15) is 0 Å². The van der Waals surface area contributed by atoms with Gasteiger partial charge in [0.2, 0.25) is 0 Å². The first kappa shape index (κ1) is 14.5. The summed E-state index contributed by atoms with van der Waals surface area (Å²) in [5.74, 6) is -1.17. The number of methoxy groups -OCH3 is 1. The van der Waals surface area contributed by atoms with Crippen LogP contribution in [0, 0.1) is 5.92 Å². The Morgan fingerprint density at radius 1 is 1.00 bits per heavy atom. The van der Waals surface area contributed by atoms with Gasteiger partial charge in [0.25, 0.3) is 0 Å². The highest BCUT2D eigenvalue weighted by Crippen LogP contribution is 2.46. The number of ether oxygens (including phenoxy) is 1. The first-order valence-corrected chi connectivity index (χ1v) is 7.43. The zero-order chi connectivity index (χ0) is 15.6. The summed E-state index contributed by atoms with van der Waals surface area (Å²) in [6, 6.07) is 19.4. The van der Waals surface area contributed by atoms with Crippen LogP contribution < -0.4 is 0 Å². The molecule has 1 aliphatic rings. The standard InChI is InChI=1S/C19H18O3/c1-22-18(21)16-12-13-19(17(16)20,14-8-4-2-5-9-14)15-10-6-3-7-11-15/h2-11,16H,12-13H2,1H3. The van der Waals surface area contributed by atoms with Gasteiger partial charge in [-0.25, -0.2) is 0 Å². The molecule has 0 N–H and O–H groups in total. The van der Waals surface area contributed by atoms with Gasteiger partial charge in [0.05, 0.1) is 12.5 Å². The van der Waals surface area contributed by atoms with E-state index in [9.17, 15) is 9.59 Å². The average Bonchev–Trinajstić information content (AvgIpc) is 2.94. The molecule has 1 atom stereocenters. The van der Waals surface area contributed by atoms with Gasteiger partial charge in [0.15, 0.2) is 5.78 Å². The zero-order valence-electron chi connectivity index (χ0n) is 12.5. The first-order chi connectivity index (χ1) is 10.7. The van der Waals surface area contributed by atoms with Crippen molar-refractivity contribution in [3.05, 3.63) is 71.8 Å². The number of benzene rings is 2. The van der Waals surface area contributed by atoms with Crippen LogP contribution in [0.4, 0.5) is 0 Å². The predicted molar refractivity (Wildman–Crippen MR) is 83.4 cm³/mol. The lowest BCUT2D eigenvalue weighted by molar-refractivity contribution is -0.148. The average molecular weight is 294 g/mol. The van der Waals surface area contributed by atoms with Gasteiger partial charge in [0.1, 0.15) is 5.92 Å². The van der Waals surface area contributed by atoms with E-state index in [4.69, 9.17) is 4.74 Å². The number of carbonyl (C=O) groups is 2.